The van der Waals surface area contributed by atoms with Gasteiger partial charge < -0.3 is 0 Å². The first-order chi connectivity index (χ1) is 11.7. The molecule has 1 aromatic carbocycles. The van der Waals surface area contributed by atoms with E-state index < -0.39 is 0 Å². The third-order valence-electron chi connectivity index (χ3n) is 4.44. The van der Waals surface area contributed by atoms with Gasteiger partial charge in [-0.15, -0.1) is 0 Å². The van der Waals surface area contributed by atoms with Crippen LogP contribution in [0.2, 0.25) is 0 Å². The van der Waals surface area contributed by atoms with Crippen molar-refractivity contribution >= 4 is 11.8 Å². The van der Waals surface area contributed by atoms with Crippen LogP contribution in [-0.4, -0.2) is 26.5 Å². The van der Waals surface area contributed by atoms with Gasteiger partial charge in [-0.25, -0.2) is 0 Å². The van der Waals surface area contributed by atoms with E-state index in [-0.39, 0.29) is 30.2 Å². The monoisotopic (exact) mass is 319 g/mol. The Morgan fingerprint density at radius 1 is 0.875 bits per heavy atom. The number of aromatic nitrogens is 2. The summed E-state index contributed by atoms with van der Waals surface area (Å²) in [6, 6.07) is 11.9. The number of fused-ring (bicyclic) bond motifs is 1. The van der Waals surface area contributed by atoms with Crippen LogP contribution in [0.3, 0.4) is 0 Å². The Hall–Kier alpha value is -2.95. The van der Waals surface area contributed by atoms with Crippen molar-refractivity contribution in [2.45, 2.75) is 13.1 Å². The molecule has 1 aliphatic carbocycles. The van der Waals surface area contributed by atoms with Crippen LogP contribution in [0.15, 0.2) is 66.9 Å². The number of nitrogens with zero attached hydrogens (tertiary/aromatic N) is 3. The molecule has 0 spiro atoms. The van der Waals surface area contributed by atoms with Crippen molar-refractivity contribution in [1.82, 2.24) is 14.7 Å². The van der Waals surface area contributed by atoms with Crippen molar-refractivity contribution in [1.29, 1.82) is 0 Å². The maximum Gasteiger partial charge on any atom is 0.237 e. The molecule has 4 rings (SSSR count). The van der Waals surface area contributed by atoms with Crippen LogP contribution in [0.1, 0.15) is 11.3 Å². The maximum absolute atomic E-state index is 12.4. The van der Waals surface area contributed by atoms with E-state index in [4.69, 9.17) is 0 Å². The minimum atomic E-state index is -0.353. The fraction of sp³-hybridized carbons (Fsp3) is 0.211. The van der Waals surface area contributed by atoms with Crippen molar-refractivity contribution in [3.05, 3.63) is 78.2 Å². The molecule has 1 aliphatic heterocycles. The average Bonchev–Trinajstić information content (AvgIpc) is 3.15. The quantitative estimate of drug-likeness (QED) is 0.812. The molecular weight excluding hydrogens is 302 g/mol. The summed E-state index contributed by atoms with van der Waals surface area (Å²) in [6.07, 6.45) is 9.13. The summed E-state index contributed by atoms with van der Waals surface area (Å²) in [5.41, 5.74) is 1.88. The number of carbonyl (C=O) groups excluding carboxylic acids is 2. The van der Waals surface area contributed by atoms with Gasteiger partial charge in [0.05, 0.1) is 30.6 Å². The molecule has 2 unspecified atom stereocenters. The van der Waals surface area contributed by atoms with E-state index in [1.807, 2.05) is 59.4 Å². The topological polar surface area (TPSA) is 55.2 Å². The van der Waals surface area contributed by atoms with Crippen molar-refractivity contribution < 1.29 is 9.59 Å². The summed E-state index contributed by atoms with van der Waals surface area (Å²) in [4.78, 5) is 26.2. The van der Waals surface area contributed by atoms with E-state index in [0.29, 0.717) is 6.54 Å². The highest BCUT2D eigenvalue weighted by molar-refractivity contribution is 6.07. The molecular formula is C19H17N3O2. The molecule has 5 heteroatoms. The van der Waals surface area contributed by atoms with Crippen molar-refractivity contribution in [3.63, 3.8) is 0 Å². The van der Waals surface area contributed by atoms with Crippen LogP contribution in [0, 0.1) is 11.8 Å². The lowest BCUT2D eigenvalue weighted by Gasteiger charge is -2.12. The number of likely N-dealkylation sites (tertiary alicyclic amines) is 1. The first kappa shape index (κ1) is 14.6. The van der Waals surface area contributed by atoms with Gasteiger partial charge in [-0.3, -0.25) is 19.2 Å². The smallest absolute Gasteiger partial charge is 0.237 e. The highest BCUT2D eigenvalue weighted by atomic mass is 16.2. The fourth-order valence-corrected chi connectivity index (χ4v) is 3.21. The largest absolute Gasteiger partial charge is 0.275 e. The molecule has 0 bridgehead atoms. The number of carbonyl (C=O) groups is 2. The Balaban J connectivity index is 1.48. The Labute approximate surface area is 139 Å². The lowest BCUT2D eigenvalue weighted by molar-refractivity contribution is -0.140. The fourth-order valence-electron chi connectivity index (χ4n) is 3.21. The van der Waals surface area contributed by atoms with Crippen LogP contribution in [-0.2, 0) is 22.7 Å². The second kappa shape index (κ2) is 5.92. The number of amides is 2. The van der Waals surface area contributed by atoms with Gasteiger partial charge in [0, 0.05) is 6.20 Å². The summed E-state index contributed by atoms with van der Waals surface area (Å²) in [6.45, 7) is 0.896. The molecule has 0 radical (unpaired) electrons. The zero-order chi connectivity index (χ0) is 16.5. The Morgan fingerprint density at radius 3 is 2.21 bits per heavy atom. The van der Waals surface area contributed by atoms with E-state index in [1.54, 1.807) is 12.2 Å². The molecule has 1 fully saturated rings. The molecule has 24 heavy (non-hydrogen) atoms. The molecule has 2 atom stereocenters. The van der Waals surface area contributed by atoms with Crippen LogP contribution in [0.4, 0.5) is 0 Å². The van der Waals surface area contributed by atoms with E-state index in [1.165, 1.54) is 4.90 Å². The second-order valence-corrected chi connectivity index (χ2v) is 6.07. The average molecular weight is 319 g/mol. The molecule has 2 heterocycles. The van der Waals surface area contributed by atoms with Crippen molar-refractivity contribution in [2.24, 2.45) is 11.8 Å². The van der Waals surface area contributed by atoms with Gasteiger partial charge in [0.2, 0.25) is 11.8 Å². The molecule has 0 saturated carbocycles. The van der Waals surface area contributed by atoms with Crippen LogP contribution < -0.4 is 0 Å². The predicted octanol–water partition coefficient (Wildman–Crippen LogP) is 2.16. The lowest BCUT2D eigenvalue weighted by Crippen LogP contribution is -2.30. The molecule has 2 aromatic rings. The maximum atomic E-state index is 12.4. The Kier molecular flexibility index (Phi) is 3.61. The lowest BCUT2D eigenvalue weighted by atomic mass is 9.91. The summed E-state index contributed by atoms with van der Waals surface area (Å²) in [5.74, 6) is -0.978. The molecule has 120 valence electrons. The number of imide groups is 1. The first-order valence-electron chi connectivity index (χ1n) is 7.99. The van der Waals surface area contributed by atoms with Gasteiger partial charge in [0.1, 0.15) is 0 Å². The van der Waals surface area contributed by atoms with Crippen molar-refractivity contribution in [3.8, 4) is 0 Å². The van der Waals surface area contributed by atoms with E-state index in [2.05, 4.69) is 5.10 Å². The Bertz CT molecular complexity index is 805. The SMILES string of the molecule is O=C1C2C=CC=CC2C(=O)N1Cc1ccn(Cc2ccccc2)n1. The summed E-state index contributed by atoms with van der Waals surface area (Å²) < 4.78 is 1.82. The number of hydrogen-bond acceptors (Lipinski definition) is 3. The number of benzene rings is 1. The standard InChI is InChI=1S/C19H17N3O2/c23-18-16-8-4-5-9-17(16)19(24)22(18)13-15-10-11-21(20-15)12-14-6-2-1-3-7-14/h1-11,16-17H,12-13H2. The molecule has 5 nitrogen and oxygen atoms in total. The van der Waals surface area contributed by atoms with E-state index in [0.717, 1.165) is 11.3 Å². The third-order valence-corrected chi connectivity index (χ3v) is 4.44. The molecule has 2 amide bonds. The summed E-state index contributed by atoms with van der Waals surface area (Å²) in [7, 11) is 0. The first-order valence-corrected chi connectivity index (χ1v) is 7.99. The third kappa shape index (κ3) is 2.58. The van der Waals surface area contributed by atoms with Gasteiger partial charge in [-0.05, 0) is 11.6 Å². The van der Waals surface area contributed by atoms with Gasteiger partial charge in [0.15, 0.2) is 0 Å². The van der Waals surface area contributed by atoms with Gasteiger partial charge in [-0.1, -0.05) is 54.6 Å². The van der Waals surface area contributed by atoms with Crippen LogP contribution in [0.5, 0.6) is 0 Å². The van der Waals surface area contributed by atoms with Crippen molar-refractivity contribution in [2.75, 3.05) is 0 Å². The normalized spacial score (nSPS) is 22.2. The molecule has 0 N–H and O–H groups in total. The summed E-state index contributed by atoms with van der Waals surface area (Å²) in [5, 5.41) is 4.49. The van der Waals surface area contributed by atoms with Gasteiger partial charge >= 0.3 is 0 Å². The molecule has 2 aliphatic rings. The minimum absolute atomic E-state index is 0.136. The minimum Gasteiger partial charge on any atom is -0.275 e. The molecule has 1 saturated heterocycles. The highest BCUT2D eigenvalue weighted by Crippen LogP contribution is 2.31. The second-order valence-electron chi connectivity index (χ2n) is 6.07. The highest BCUT2D eigenvalue weighted by Gasteiger charge is 2.45. The molecule has 1 aromatic heterocycles. The van der Waals surface area contributed by atoms with E-state index >= 15 is 0 Å². The van der Waals surface area contributed by atoms with Gasteiger partial charge in [-0.2, -0.15) is 5.10 Å². The number of allylic oxidation sites excluding steroid dienone is 2. The Morgan fingerprint density at radius 2 is 1.54 bits per heavy atom. The summed E-state index contributed by atoms with van der Waals surface area (Å²) >= 11 is 0. The zero-order valence-corrected chi connectivity index (χ0v) is 13.1. The zero-order valence-electron chi connectivity index (χ0n) is 13.1. The van der Waals surface area contributed by atoms with Gasteiger partial charge in [0.25, 0.3) is 0 Å². The van der Waals surface area contributed by atoms with E-state index in [9.17, 15) is 9.59 Å². The number of rotatable bonds is 4. The predicted molar refractivity (Wildman–Crippen MR) is 88.6 cm³/mol. The van der Waals surface area contributed by atoms with Crippen LogP contribution >= 0.6 is 0 Å². The van der Waals surface area contributed by atoms with Crippen LogP contribution in [0.25, 0.3) is 0 Å². The number of hydrogen-bond donors (Lipinski definition) is 0.